The van der Waals surface area contributed by atoms with Crippen LogP contribution >= 0.6 is 11.6 Å². The maximum Gasteiger partial charge on any atom is 0.250 e. The lowest BCUT2D eigenvalue weighted by molar-refractivity contribution is -0.135. The highest BCUT2D eigenvalue weighted by Crippen LogP contribution is 2.61. The minimum Gasteiger partial charge on any atom is -0.324 e. The van der Waals surface area contributed by atoms with Gasteiger partial charge in [0.2, 0.25) is 17.7 Å². The van der Waals surface area contributed by atoms with Crippen LogP contribution in [0.3, 0.4) is 0 Å². The summed E-state index contributed by atoms with van der Waals surface area (Å²) in [6.45, 7) is 4.56. The van der Waals surface area contributed by atoms with Crippen molar-refractivity contribution in [1.29, 1.82) is 0 Å². The molecule has 4 heterocycles. The molecule has 0 aromatic heterocycles. The molecular weight excluding hydrogens is 433 g/mol. The summed E-state index contributed by atoms with van der Waals surface area (Å²) in [5.41, 5.74) is 2.46. The summed E-state index contributed by atoms with van der Waals surface area (Å²) in [7, 11) is 0. The summed E-state index contributed by atoms with van der Waals surface area (Å²) in [6, 6.07) is 7.59. The van der Waals surface area contributed by atoms with E-state index in [2.05, 4.69) is 10.2 Å². The largest absolute Gasteiger partial charge is 0.324 e. The number of nitrogens with zero attached hydrogens (tertiary/aromatic N) is 2. The molecule has 8 heteroatoms. The van der Waals surface area contributed by atoms with Crippen LogP contribution in [0.4, 0.5) is 15.8 Å². The van der Waals surface area contributed by atoms with Crippen LogP contribution in [0.1, 0.15) is 29.5 Å². The molecule has 0 radical (unpaired) electrons. The lowest BCUT2D eigenvalue weighted by atomic mass is 9.75. The fourth-order valence-electron chi connectivity index (χ4n) is 6.54. The molecule has 0 saturated carbocycles. The Morgan fingerprint density at radius 2 is 1.91 bits per heavy atom. The zero-order valence-electron chi connectivity index (χ0n) is 17.6. The summed E-state index contributed by atoms with van der Waals surface area (Å²) in [4.78, 5) is 44.4. The van der Waals surface area contributed by atoms with E-state index in [1.165, 1.54) is 12.1 Å². The minimum absolute atomic E-state index is 0.160. The Morgan fingerprint density at radius 1 is 1.12 bits per heavy atom. The average molecular weight is 454 g/mol. The first kappa shape index (κ1) is 19.9. The van der Waals surface area contributed by atoms with Gasteiger partial charge in [-0.15, -0.1) is 0 Å². The number of rotatable bonds is 1. The van der Waals surface area contributed by atoms with Crippen molar-refractivity contribution in [2.75, 3.05) is 16.8 Å². The highest BCUT2D eigenvalue weighted by Gasteiger charge is 2.74. The normalized spacial score (nSPS) is 30.8. The first-order valence-electron chi connectivity index (χ1n) is 10.8. The number of nitrogens with one attached hydrogen (secondary N) is 1. The molecule has 6 rings (SSSR count). The van der Waals surface area contributed by atoms with Gasteiger partial charge in [0, 0.05) is 17.3 Å². The molecule has 4 atom stereocenters. The van der Waals surface area contributed by atoms with E-state index in [-0.39, 0.29) is 28.6 Å². The van der Waals surface area contributed by atoms with Crippen molar-refractivity contribution in [3.8, 4) is 0 Å². The van der Waals surface area contributed by atoms with Gasteiger partial charge in [-0.25, -0.2) is 9.29 Å². The van der Waals surface area contributed by atoms with Crippen LogP contribution in [0.5, 0.6) is 0 Å². The highest BCUT2D eigenvalue weighted by atomic mass is 35.5. The first-order valence-corrected chi connectivity index (χ1v) is 11.2. The third-order valence-electron chi connectivity index (χ3n) is 7.60. The molecule has 3 fully saturated rings. The van der Waals surface area contributed by atoms with Gasteiger partial charge in [0.1, 0.15) is 11.4 Å². The number of benzene rings is 2. The fourth-order valence-corrected chi connectivity index (χ4v) is 6.71. The lowest BCUT2D eigenvalue weighted by Gasteiger charge is -2.36. The highest BCUT2D eigenvalue weighted by molar-refractivity contribution is 6.32. The van der Waals surface area contributed by atoms with E-state index in [0.717, 1.165) is 46.2 Å². The van der Waals surface area contributed by atoms with Crippen molar-refractivity contribution in [1.82, 2.24) is 4.90 Å². The number of aryl methyl sites for hydroxylation is 2. The van der Waals surface area contributed by atoms with Crippen LogP contribution in [-0.4, -0.2) is 35.2 Å². The van der Waals surface area contributed by atoms with Gasteiger partial charge >= 0.3 is 0 Å². The quantitative estimate of drug-likeness (QED) is 0.671. The molecule has 6 nitrogen and oxygen atoms in total. The van der Waals surface area contributed by atoms with Crippen LogP contribution in [0.15, 0.2) is 30.3 Å². The maximum absolute atomic E-state index is 13.9. The summed E-state index contributed by atoms with van der Waals surface area (Å²) in [6.07, 6.45) is 1.60. The molecule has 0 aliphatic carbocycles. The molecule has 2 aromatic carbocycles. The van der Waals surface area contributed by atoms with E-state index < -0.39 is 29.1 Å². The van der Waals surface area contributed by atoms with Crippen molar-refractivity contribution in [3.05, 3.63) is 57.9 Å². The zero-order valence-corrected chi connectivity index (χ0v) is 18.4. The van der Waals surface area contributed by atoms with E-state index in [0.29, 0.717) is 6.54 Å². The van der Waals surface area contributed by atoms with Crippen LogP contribution in [-0.2, 0) is 19.9 Å². The Kier molecular flexibility index (Phi) is 3.97. The third kappa shape index (κ3) is 2.20. The van der Waals surface area contributed by atoms with E-state index in [4.69, 9.17) is 11.6 Å². The van der Waals surface area contributed by atoms with E-state index >= 15 is 0 Å². The van der Waals surface area contributed by atoms with Crippen molar-refractivity contribution in [2.24, 2.45) is 11.8 Å². The van der Waals surface area contributed by atoms with Crippen LogP contribution in [0.2, 0.25) is 5.02 Å². The summed E-state index contributed by atoms with van der Waals surface area (Å²) >= 11 is 5.95. The number of halogens is 2. The predicted octanol–water partition coefficient (Wildman–Crippen LogP) is 3.53. The zero-order chi connectivity index (χ0) is 22.5. The summed E-state index contributed by atoms with van der Waals surface area (Å²) in [5, 5.41) is 2.86. The van der Waals surface area contributed by atoms with Gasteiger partial charge < -0.3 is 5.32 Å². The van der Waals surface area contributed by atoms with Crippen molar-refractivity contribution in [3.63, 3.8) is 0 Å². The molecule has 1 spiro atoms. The fraction of sp³-hybridized carbons (Fsp3) is 0.375. The van der Waals surface area contributed by atoms with Gasteiger partial charge in [-0.05, 0) is 57.0 Å². The number of imide groups is 1. The number of hydrogen-bond donors (Lipinski definition) is 1. The molecule has 0 unspecified atom stereocenters. The second kappa shape index (κ2) is 6.39. The first-order chi connectivity index (χ1) is 15.3. The number of amides is 3. The van der Waals surface area contributed by atoms with Crippen molar-refractivity contribution >= 4 is 40.7 Å². The third-order valence-corrected chi connectivity index (χ3v) is 7.89. The Balaban J connectivity index is 1.57. The number of anilines is 2. The second-order valence-corrected chi connectivity index (χ2v) is 9.65. The second-order valence-electron chi connectivity index (χ2n) is 9.24. The van der Waals surface area contributed by atoms with Crippen LogP contribution < -0.4 is 10.2 Å². The molecule has 3 amide bonds. The monoisotopic (exact) mass is 453 g/mol. The van der Waals surface area contributed by atoms with Gasteiger partial charge in [-0.3, -0.25) is 19.3 Å². The molecular formula is C24H21ClFN3O3. The molecule has 32 heavy (non-hydrogen) atoms. The Bertz CT molecular complexity index is 1250. The number of carbonyl (C=O) groups is 3. The molecule has 3 saturated heterocycles. The molecule has 4 aliphatic heterocycles. The molecule has 164 valence electrons. The molecule has 4 aliphatic rings. The summed E-state index contributed by atoms with van der Waals surface area (Å²) in [5.74, 6) is -3.12. The van der Waals surface area contributed by atoms with Crippen molar-refractivity contribution < 1.29 is 18.8 Å². The number of hydrogen-bond acceptors (Lipinski definition) is 4. The topological polar surface area (TPSA) is 69.7 Å². The number of fused-ring (bicyclic) bond motifs is 7. The molecule has 0 bridgehead atoms. The van der Waals surface area contributed by atoms with E-state index in [1.807, 2.05) is 26.0 Å². The smallest absolute Gasteiger partial charge is 0.250 e. The predicted molar refractivity (Wildman–Crippen MR) is 117 cm³/mol. The maximum atomic E-state index is 13.9. The van der Waals surface area contributed by atoms with Gasteiger partial charge in [0.25, 0.3) is 0 Å². The Morgan fingerprint density at radius 3 is 2.66 bits per heavy atom. The number of carbonyl (C=O) groups excluding carboxylic acids is 3. The summed E-state index contributed by atoms with van der Waals surface area (Å²) < 4.78 is 13.7. The standard InChI is InChI=1S/C24H21ClFN3O3/c1-11-8-12(2)20-14(9-11)24(23(32)27-20)19-18(17-4-3-7-28(17)24)21(30)29(22(19)31)13-5-6-16(26)15(25)10-13/h5-6,8-10,17-19H,3-4,7H2,1-2H3,(H,27,32)/t17-,18-,19-,24+/m0/s1. The van der Waals surface area contributed by atoms with Gasteiger partial charge in [0.15, 0.2) is 0 Å². The molecule has 2 aromatic rings. The van der Waals surface area contributed by atoms with Crippen LogP contribution in [0, 0.1) is 31.5 Å². The van der Waals surface area contributed by atoms with Gasteiger partial charge in [-0.1, -0.05) is 29.3 Å². The lowest BCUT2D eigenvalue weighted by Crippen LogP contribution is -2.54. The Hall–Kier alpha value is -2.77. The minimum atomic E-state index is -1.22. The molecule has 1 N–H and O–H groups in total. The average Bonchev–Trinajstić information content (AvgIpc) is 3.44. The van der Waals surface area contributed by atoms with Gasteiger partial charge in [0.05, 0.1) is 22.5 Å². The SMILES string of the molecule is Cc1cc(C)c2c(c1)[C@]1(C(=O)N2)[C@@H]2C(=O)N(c3ccc(F)c(Cl)c3)C(=O)[C@H]2[C@@H]2CCCN21. The van der Waals surface area contributed by atoms with E-state index in [1.54, 1.807) is 0 Å². The van der Waals surface area contributed by atoms with Crippen LogP contribution in [0.25, 0.3) is 0 Å². The van der Waals surface area contributed by atoms with E-state index in [9.17, 15) is 18.8 Å². The van der Waals surface area contributed by atoms with Crippen molar-refractivity contribution in [2.45, 2.75) is 38.3 Å². The van der Waals surface area contributed by atoms with Gasteiger partial charge in [-0.2, -0.15) is 0 Å². The Labute approximate surface area is 189 Å².